The minimum absolute atomic E-state index is 0.296. The molecular formula is C22H28INO5. The smallest absolute Gasteiger partial charge is 0.303 e. The number of halogens is 1. The average Bonchev–Trinajstić information content (AvgIpc) is 2.67. The molecule has 0 radical (unpaired) electrons. The number of hydrogen-bond donors (Lipinski definition) is 2. The van der Waals surface area contributed by atoms with E-state index < -0.39 is 17.5 Å². The summed E-state index contributed by atoms with van der Waals surface area (Å²) in [6, 6.07) is 19.0. The van der Waals surface area contributed by atoms with Crippen LogP contribution in [0.5, 0.6) is 0 Å². The van der Waals surface area contributed by atoms with Gasteiger partial charge < -0.3 is 19.8 Å². The van der Waals surface area contributed by atoms with Crippen LogP contribution < -0.4 is 0 Å². The molecule has 7 heteroatoms. The van der Waals surface area contributed by atoms with Crippen molar-refractivity contribution < 1.29 is 24.5 Å². The van der Waals surface area contributed by atoms with Crippen molar-refractivity contribution in [3.8, 4) is 0 Å². The van der Waals surface area contributed by atoms with Gasteiger partial charge >= 0.3 is 11.9 Å². The van der Waals surface area contributed by atoms with Crippen LogP contribution in [0.15, 0.2) is 54.6 Å². The number of ether oxygens (including phenoxy) is 1. The first-order chi connectivity index (χ1) is 13.6. The molecule has 0 fully saturated rings. The van der Waals surface area contributed by atoms with Gasteiger partial charge in [-0.15, -0.1) is 0 Å². The Labute approximate surface area is 185 Å². The van der Waals surface area contributed by atoms with Gasteiger partial charge in [-0.2, -0.15) is 0 Å². The van der Waals surface area contributed by atoms with Gasteiger partial charge in [0.05, 0.1) is 19.4 Å². The maximum atomic E-state index is 9.64. The fourth-order valence-corrected chi connectivity index (χ4v) is 2.86. The van der Waals surface area contributed by atoms with E-state index in [9.17, 15) is 9.59 Å². The van der Waals surface area contributed by atoms with Gasteiger partial charge in [-0.25, -0.2) is 0 Å². The molecule has 0 saturated carbocycles. The van der Waals surface area contributed by atoms with Crippen LogP contribution in [-0.2, 0) is 19.9 Å². The molecule has 0 aliphatic carbocycles. The van der Waals surface area contributed by atoms with E-state index in [1.54, 1.807) is 0 Å². The van der Waals surface area contributed by atoms with E-state index in [2.05, 4.69) is 97.0 Å². The zero-order chi connectivity index (χ0) is 21.9. The first-order valence-electron chi connectivity index (χ1n) is 9.19. The van der Waals surface area contributed by atoms with E-state index in [4.69, 9.17) is 14.9 Å². The third kappa shape index (κ3) is 9.38. The number of aliphatic carboxylic acids is 2. The minimum atomic E-state index is -1.08. The second-order valence-electron chi connectivity index (χ2n) is 6.85. The highest BCUT2D eigenvalue weighted by atomic mass is 127. The molecule has 0 saturated heterocycles. The maximum Gasteiger partial charge on any atom is 0.303 e. The molecule has 6 nitrogen and oxygen atoms in total. The summed E-state index contributed by atoms with van der Waals surface area (Å²) in [4.78, 5) is 21.4. The predicted molar refractivity (Wildman–Crippen MR) is 121 cm³/mol. The standard InChI is InChI=1S/C18H22INO.C4H6O4/c1-18(21-14-13-20(2)3,15-7-5-4-6-8-15)16-9-11-17(19)12-10-16;5-3(6)1-2-4(7)8/h4-12H,13-14H2,1-3H3;1-2H2,(H,5,6)(H,7,8). The van der Waals surface area contributed by atoms with Crippen molar-refractivity contribution in [1.82, 2.24) is 4.90 Å². The highest BCUT2D eigenvalue weighted by molar-refractivity contribution is 14.1. The van der Waals surface area contributed by atoms with E-state index in [-0.39, 0.29) is 12.8 Å². The van der Waals surface area contributed by atoms with Crippen LogP contribution in [-0.4, -0.2) is 54.3 Å². The minimum Gasteiger partial charge on any atom is -0.481 e. The first-order valence-corrected chi connectivity index (χ1v) is 10.3. The summed E-state index contributed by atoms with van der Waals surface area (Å²) in [5.74, 6) is -2.15. The van der Waals surface area contributed by atoms with E-state index in [1.807, 2.05) is 6.07 Å². The predicted octanol–water partition coefficient (Wildman–Crippen LogP) is 4.07. The van der Waals surface area contributed by atoms with Gasteiger partial charge in [-0.05, 0) is 66.9 Å². The Kier molecular flexibility index (Phi) is 10.9. The molecule has 2 rings (SSSR count). The number of carboxylic acids is 2. The molecule has 2 aromatic carbocycles. The molecule has 0 spiro atoms. The third-order valence-corrected chi connectivity index (χ3v) is 4.92. The zero-order valence-corrected chi connectivity index (χ0v) is 19.1. The lowest BCUT2D eigenvalue weighted by Crippen LogP contribution is -2.31. The Hall–Kier alpha value is -1.97. The van der Waals surface area contributed by atoms with Crippen LogP contribution in [0.25, 0.3) is 0 Å². The van der Waals surface area contributed by atoms with E-state index in [0.29, 0.717) is 6.61 Å². The fourth-order valence-electron chi connectivity index (χ4n) is 2.50. The monoisotopic (exact) mass is 513 g/mol. The lowest BCUT2D eigenvalue weighted by Gasteiger charge is -2.32. The van der Waals surface area contributed by atoms with Crippen molar-refractivity contribution in [3.63, 3.8) is 0 Å². The van der Waals surface area contributed by atoms with Gasteiger partial charge in [0.1, 0.15) is 5.60 Å². The highest BCUT2D eigenvalue weighted by Gasteiger charge is 2.29. The number of nitrogens with zero attached hydrogens (tertiary/aromatic N) is 1. The quantitative estimate of drug-likeness (QED) is 0.492. The number of hydrogen-bond acceptors (Lipinski definition) is 4. The molecule has 2 N–H and O–H groups in total. The van der Waals surface area contributed by atoms with Crippen molar-refractivity contribution in [1.29, 1.82) is 0 Å². The molecule has 158 valence electrons. The molecule has 1 atom stereocenters. The number of likely N-dealkylation sites (N-methyl/N-ethyl adjacent to an activating group) is 1. The molecule has 29 heavy (non-hydrogen) atoms. The Balaban J connectivity index is 0.000000447. The molecule has 0 bridgehead atoms. The van der Waals surface area contributed by atoms with Gasteiger partial charge in [0, 0.05) is 10.1 Å². The Morgan fingerprint density at radius 1 is 0.931 bits per heavy atom. The Morgan fingerprint density at radius 2 is 1.41 bits per heavy atom. The van der Waals surface area contributed by atoms with E-state index in [0.717, 1.165) is 6.54 Å². The molecular weight excluding hydrogens is 485 g/mol. The molecule has 0 aromatic heterocycles. The summed E-state index contributed by atoms with van der Waals surface area (Å²) in [7, 11) is 4.13. The summed E-state index contributed by atoms with van der Waals surface area (Å²) in [6.45, 7) is 3.76. The van der Waals surface area contributed by atoms with Crippen LogP contribution in [0.1, 0.15) is 30.9 Å². The van der Waals surface area contributed by atoms with E-state index >= 15 is 0 Å². The second-order valence-corrected chi connectivity index (χ2v) is 8.09. The molecule has 0 aliphatic heterocycles. The topological polar surface area (TPSA) is 87.1 Å². The molecule has 1 unspecified atom stereocenters. The van der Waals surface area contributed by atoms with Crippen molar-refractivity contribution >= 4 is 34.5 Å². The molecule has 2 aromatic rings. The SMILES string of the molecule is CN(C)CCOC(C)(c1ccccc1)c1ccc(I)cc1.O=C(O)CCC(=O)O. The van der Waals surface area contributed by atoms with Gasteiger partial charge in [0.15, 0.2) is 0 Å². The first kappa shape index (κ1) is 25.1. The summed E-state index contributed by atoms with van der Waals surface area (Å²) in [5, 5.41) is 15.8. The van der Waals surface area contributed by atoms with Gasteiger partial charge in [-0.3, -0.25) is 9.59 Å². The lowest BCUT2D eigenvalue weighted by atomic mass is 9.88. The van der Waals surface area contributed by atoms with Crippen LogP contribution >= 0.6 is 22.6 Å². The van der Waals surface area contributed by atoms with Gasteiger partial charge in [0.25, 0.3) is 0 Å². The summed E-state index contributed by atoms with van der Waals surface area (Å²) in [5.41, 5.74) is 1.96. The lowest BCUT2D eigenvalue weighted by molar-refractivity contribution is -0.143. The van der Waals surface area contributed by atoms with Crippen LogP contribution in [0.4, 0.5) is 0 Å². The van der Waals surface area contributed by atoms with Crippen LogP contribution in [0, 0.1) is 3.57 Å². The normalized spacial score (nSPS) is 12.6. The largest absolute Gasteiger partial charge is 0.481 e. The second kappa shape index (κ2) is 12.6. The molecule has 0 heterocycles. The fraction of sp³-hybridized carbons (Fsp3) is 0.364. The number of rotatable bonds is 9. The highest BCUT2D eigenvalue weighted by Crippen LogP contribution is 2.33. The number of carbonyl (C=O) groups is 2. The number of benzene rings is 2. The summed E-state index contributed by atoms with van der Waals surface area (Å²) >= 11 is 2.33. The molecule has 0 amide bonds. The van der Waals surface area contributed by atoms with Crippen LogP contribution in [0.3, 0.4) is 0 Å². The zero-order valence-electron chi connectivity index (χ0n) is 17.0. The Morgan fingerprint density at radius 3 is 1.86 bits per heavy atom. The van der Waals surface area contributed by atoms with Crippen LogP contribution in [0.2, 0.25) is 0 Å². The van der Waals surface area contributed by atoms with E-state index in [1.165, 1.54) is 14.7 Å². The summed E-state index contributed by atoms with van der Waals surface area (Å²) in [6.07, 6.45) is -0.593. The summed E-state index contributed by atoms with van der Waals surface area (Å²) < 4.78 is 7.54. The maximum absolute atomic E-state index is 9.64. The van der Waals surface area contributed by atoms with Crippen molar-refractivity contribution in [2.45, 2.75) is 25.4 Å². The number of carboxylic acid groups (broad SMARTS) is 2. The third-order valence-electron chi connectivity index (χ3n) is 4.20. The van der Waals surface area contributed by atoms with Crippen molar-refractivity contribution in [2.75, 3.05) is 27.2 Å². The van der Waals surface area contributed by atoms with Gasteiger partial charge in [0.2, 0.25) is 0 Å². The average molecular weight is 513 g/mol. The van der Waals surface area contributed by atoms with Gasteiger partial charge in [-0.1, -0.05) is 42.5 Å². The molecule has 0 aliphatic rings. The van der Waals surface area contributed by atoms with Crippen molar-refractivity contribution in [3.05, 3.63) is 69.3 Å². The van der Waals surface area contributed by atoms with Crippen molar-refractivity contribution in [2.24, 2.45) is 0 Å². The Bertz CT molecular complexity index is 751.